The highest BCUT2D eigenvalue weighted by atomic mass is 32.2. The SMILES string of the molecule is CCOc1ncccc1CNC(=O)Nc1cccc(S(=O)(=O)N2CCOCC2)c1. The van der Waals surface area contributed by atoms with Crippen LogP contribution in [0.3, 0.4) is 0 Å². The van der Waals surface area contributed by atoms with E-state index < -0.39 is 16.1 Å². The standard InChI is InChI=1S/C19H24N4O5S/c1-2-28-18-15(5-4-8-20-18)14-21-19(24)22-16-6-3-7-17(13-16)29(25,26)23-9-11-27-12-10-23/h3-8,13H,2,9-12,14H2,1H3,(H2,21,22,24). The molecule has 9 nitrogen and oxygen atoms in total. The lowest BCUT2D eigenvalue weighted by Gasteiger charge is -2.26. The molecular formula is C19H24N4O5S. The van der Waals surface area contributed by atoms with Gasteiger partial charge >= 0.3 is 6.03 Å². The zero-order valence-corrected chi connectivity index (χ0v) is 16.9. The number of nitrogens with zero attached hydrogens (tertiary/aromatic N) is 2. The van der Waals surface area contributed by atoms with Crippen molar-refractivity contribution in [3.63, 3.8) is 0 Å². The summed E-state index contributed by atoms with van der Waals surface area (Å²) < 4.78 is 37.5. The maximum atomic E-state index is 12.8. The van der Waals surface area contributed by atoms with Crippen LogP contribution in [-0.2, 0) is 21.3 Å². The van der Waals surface area contributed by atoms with Crippen molar-refractivity contribution in [2.24, 2.45) is 0 Å². The van der Waals surface area contributed by atoms with E-state index in [9.17, 15) is 13.2 Å². The van der Waals surface area contributed by atoms with E-state index in [-0.39, 0.29) is 11.4 Å². The van der Waals surface area contributed by atoms with Gasteiger partial charge in [-0.15, -0.1) is 0 Å². The van der Waals surface area contributed by atoms with Crippen molar-refractivity contribution in [1.82, 2.24) is 14.6 Å². The lowest BCUT2D eigenvalue weighted by atomic mass is 10.2. The fourth-order valence-corrected chi connectivity index (χ4v) is 4.30. The Morgan fingerprint density at radius 2 is 2.03 bits per heavy atom. The number of hydrogen-bond donors (Lipinski definition) is 2. The van der Waals surface area contributed by atoms with Crippen LogP contribution in [0.2, 0.25) is 0 Å². The van der Waals surface area contributed by atoms with E-state index in [2.05, 4.69) is 15.6 Å². The lowest BCUT2D eigenvalue weighted by molar-refractivity contribution is 0.0730. The Balaban J connectivity index is 1.63. The molecule has 3 rings (SSSR count). The predicted octanol–water partition coefficient (Wildman–Crippen LogP) is 1.82. The van der Waals surface area contributed by atoms with Crippen LogP contribution in [0.1, 0.15) is 12.5 Å². The smallest absolute Gasteiger partial charge is 0.319 e. The maximum absolute atomic E-state index is 12.8. The molecule has 1 aliphatic heterocycles. The summed E-state index contributed by atoms with van der Waals surface area (Å²) >= 11 is 0. The maximum Gasteiger partial charge on any atom is 0.319 e. The predicted molar refractivity (Wildman–Crippen MR) is 107 cm³/mol. The first kappa shape index (κ1) is 21.0. The Morgan fingerprint density at radius 1 is 1.24 bits per heavy atom. The zero-order chi connectivity index (χ0) is 20.7. The van der Waals surface area contributed by atoms with Gasteiger partial charge < -0.3 is 20.1 Å². The number of anilines is 1. The first-order valence-electron chi connectivity index (χ1n) is 9.30. The van der Waals surface area contributed by atoms with Crippen LogP contribution >= 0.6 is 0 Å². The second-order valence-corrected chi connectivity index (χ2v) is 8.19. The average molecular weight is 420 g/mol. The van der Waals surface area contributed by atoms with Gasteiger partial charge in [-0.05, 0) is 31.2 Å². The normalized spacial score (nSPS) is 14.9. The van der Waals surface area contributed by atoms with Gasteiger partial charge in [-0.1, -0.05) is 12.1 Å². The molecule has 2 heterocycles. The highest BCUT2D eigenvalue weighted by Crippen LogP contribution is 2.20. The number of carbonyl (C=O) groups excluding carboxylic acids is 1. The average Bonchev–Trinajstić information content (AvgIpc) is 2.74. The molecule has 10 heteroatoms. The van der Waals surface area contributed by atoms with Gasteiger partial charge in [0.2, 0.25) is 15.9 Å². The van der Waals surface area contributed by atoms with Crippen LogP contribution in [0, 0.1) is 0 Å². The third kappa shape index (κ3) is 5.43. The summed E-state index contributed by atoms with van der Waals surface area (Å²) in [4.78, 5) is 16.5. The first-order chi connectivity index (χ1) is 14.0. The molecule has 2 N–H and O–H groups in total. The van der Waals surface area contributed by atoms with Gasteiger partial charge in [0.25, 0.3) is 0 Å². The quantitative estimate of drug-likeness (QED) is 0.707. The van der Waals surface area contributed by atoms with E-state index in [1.165, 1.54) is 16.4 Å². The van der Waals surface area contributed by atoms with E-state index >= 15 is 0 Å². The molecule has 1 saturated heterocycles. The van der Waals surface area contributed by atoms with Crippen LogP contribution in [-0.4, -0.2) is 56.6 Å². The topological polar surface area (TPSA) is 110 Å². The van der Waals surface area contributed by atoms with Crippen molar-refractivity contribution in [3.8, 4) is 5.88 Å². The molecule has 0 saturated carbocycles. The molecule has 0 unspecified atom stereocenters. The van der Waals surface area contributed by atoms with Gasteiger partial charge in [-0.2, -0.15) is 4.31 Å². The number of benzene rings is 1. The Morgan fingerprint density at radius 3 is 2.79 bits per heavy atom. The van der Waals surface area contributed by atoms with Gasteiger partial charge in [0.15, 0.2) is 0 Å². The van der Waals surface area contributed by atoms with Gasteiger partial charge in [0.05, 0.1) is 24.7 Å². The van der Waals surface area contributed by atoms with Crippen molar-refractivity contribution in [3.05, 3.63) is 48.2 Å². The van der Waals surface area contributed by atoms with Gasteiger partial charge in [-0.25, -0.2) is 18.2 Å². The number of pyridine rings is 1. The second kappa shape index (κ2) is 9.68. The Labute approximate surface area is 170 Å². The number of morpholine rings is 1. The number of urea groups is 1. The molecule has 2 aromatic rings. The molecule has 29 heavy (non-hydrogen) atoms. The Hall–Kier alpha value is -2.69. The molecule has 1 aliphatic rings. The number of hydrogen-bond acceptors (Lipinski definition) is 6. The van der Waals surface area contributed by atoms with Crippen LogP contribution < -0.4 is 15.4 Å². The summed E-state index contributed by atoms with van der Waals surface area (Å²) in [6.07, 6.45) is 1.62. The van der Waals surface area contributed by atoms with Crippen LogP contribution in [0.25, 0.3) is 0 Å². The summed E-state index contributed by atoms with van der Waals surface area (Å²) in [5, 5.41) is 5.38. The van der Waals surface area contributed by atoms with Crippen molar-refractivity contribution in [2.45, 2.75) is 18.4 Å². The van der Waals surface area contributed by atoms with Gasteiger partial charge in [-0.3, -0.25) is 0 Å². The number of sulfonamides is 1. The highest BCUT2D eigenvalue weighted by molar-refractivity contribution is 7.89. The Kier molecular flexibility index (Phi) is 7.02. The minimum absolute atomic E-state index is 0.128. The molecule has 2 amide bonds. The molecule has 0 aliphatic carbocycles. The molecule has 0 atom stereocenters. The molecule has 1 aromatic carbocycles. The van der Waals surface area contributed by atoms with Crippen LogP contribution in [0.5, 0.6) is 5.88 Å². The molecule has 1 aromatic heterocycles. The molecule has 1 fully saturated rings. The van der Waals surface area contributed by atoms with Crippen LogP contribution in [0.4, 0.5) is 10.5 Å². The van der Waals surface area contributed by atoms with Crippen LogP contribution in [0.15, 0.2) is 47.5 Å². The van der Waals surface area contributed by atoms with Gasteiger partial charge in [0.1, 0.15) is 0 Å². The fourth-order valence-electron chi connectivity index (χ4n) is 2.85. The molecular weight excluding hydrogens is 396 g/mol. The molecule has 0 radical (unpaired) electrons. The van der Waals surface area contributed by atoms with E-state index in [4.69, 9.17) is 9.47 Å². The van der Waals surface area contributed by atoms with Crippen molar-refractivity contribution in [2.75, 3.05) is 38.2 Å². The summed E-state index contributed by atoms with van der Waals surface area (Å²) in [6.45, 7) is 3.93. The molecule has 0 spiro atoms. The second-order valence-electron chi connectivity index (χ2n) is 6.25. The summed E-state index contributed by atoms with van der Waals surface area (Å²) in [5.41, 5.74) is 1.13. The summed E-state index contributed by atoms with van der Waals surface area (Å²) in [6, 6.07) is 9.30. The monoisotopic (exact) mass is 420 g/mol. The minimum atomic E-state index is -3.63. The highest BCUT2D eigenvalue weighted by Gasteiger charge is 2.26. The summed E-state index contributed by atoms with van der Waals surface area (Å²) in [7, 11) is -3.63. The summed E-state index contributed by atoms with van der Waals surface area (Å²) in [5.74, 6) is 0.467. The number of ether oxygens (including phenoxy) is 2. The zero-order valence-electron chi connectivity index (χ0n) is 16.1. The lowest BCUT2D eigenvalue weighted by Crippen LogP contribution is -2.40. The number of aromatic nitrogens is 1. The van der Waals surface area contributed by atoms with E-state index in [0.29, 0.717) is 44.5 Å². The minimum Gasteiger partial charge on any atom is -0.478 e. The first-order valence-corrected chi connectivity index (χ1v) is 10.7. The molecule has 0 bridgehead atoms. The van der Waals surface area contributed by atoms with E-state index in [1.54, 1.807) is 24.4 Å². The van der Waals surface area contributed by atoms with Gasteiger partial charge in [0, 0.05) is 37.1 Å². The molecule has 156 valence electrons. The third-order valence-electron chi connectivity index (χ3n) is 4.27. The largest absolute Gasteiger partial charge is 0.478 e. The fraction of sp³-hybridized carbons (Fsp3) is 0.368. The van der Waals surface area contributed by atoms with E-state index in [1.807, 2.05) is 13.0 Å². The number of amides is 2. The van der Waals surface area contributed by atoms with Crippen molar-refractivity contribution < 1.29 is 22.7 Å². The van der Waals surface area contributed by atoms with E-state index in [0.717, 1.165) is 5.56 Å². The van der Waals surface area contributed by atoms with Crippen molar-refractivity contribution >= 4 is 21.7 Å². The number of nitrogens with one attached hydrogen (secondary N) is 2. The number of rotatable bonds is 7. The Bertz CT molecular complexity index is 945. The third-order valence-corrected chi connectivity index (χ3v) is 6.16. The van der Waals surface area contributed by atoms with Crippen molar-refractivity contribution in [1.29, 1.82) is 0 Å². The number of carbonyl (C=O) groups is 1.